The smallest absolute Gasteiger partial charge is 0.407 e. The van der Waals surface area contributed by atoms with Crippen LogP contribution in [0.4, 0.5) is 4.79 Å². The van der Waals surface area contributed by atoms with E-state index < -0.39 is 30.6 Å². The van der Waals surface area contributed by atoms with E-state index in [9.17, 15) is 14.4 Å². The first kappa shape index (κ1) is 23.3. The van der Waals surface area contributed by atoms with Gasteiger partial charge in [0.05, 0.1) is 0 Å². The lowest BCUT2D eigenvalue weighted by molar-refractivity contribution is -0.188. The molecule has 1 aliphatic carbocycles. The third-order valence-corrected chi connectivity index (χ3v) is 5.79. The van der Waals surface area contributed by atoms with E-state index in [0.29, 0.717) is 6.42 Å². The molecule has 0 heterocycles. The second kappa shape index (κ2) is 10.3. The molecule has 0 spiro atoms. The molecular weight excluding hydrogens is 412 g/mol. The number of carboxylic acid groups (broad SMARTS) is 1. The van der Waals surface area contributed by atoms with Crippen molar-refractivity contribution in [2.45, 2.75) is 32.2 Å². The molecule has 0 aliphatic heterocycles. The van der Waals surface area contributed by atoms with E-state index in [2.05, 4.69) is 17.4 Å². The zero-order valence-corrected chi connectivity index (χ0v) is 18.4. The van der Waals surface area contributed by atoms with Crippen LogP contribution in [-0.4, -0.2) is 54.4 Å². The summed E-state index contributed by atoms with van der Waals surface area (Å²) in [6.45, 7) is 3.19. The van der Waals surface area contributed by atoms with Gasteiger partial charge in [-0.15, -0.1) is 0 Å². The Morgan fingerprint density at radius 1 is 1.06 bits per heavy atom. The SMILES string of the molecule is CC[C@H](C)[C@H](NC(=O)OCC1c2ccccc2-c2ccccc21)C(=O)N(C)OCC(=O)O. The van der Waals surface area contributed by atoms with Gasteiger partial charge in [-0.1, -0.05) is 68.8 Å². The number of fused-ring (bicyclic) bond motifs is 3. The van der Waals surface area contributed by atoms with Gasteiger partial charge in [0.15, 0.2) is 6.61 Å². The Bertz CT molecular complexity index is 946. The lowest BCUT2D eigenvalue weighted by Gasteiger charge is -2.27. The molecule has 2 amide bonds. The number of alkyl carbamates (subject to hydrolysis) is 1. The molecular formula is C24H28N2O6. The normalized spacial score (nSPS) is 14.1. The molecule has 3 rings (SSSR count). The second-order valence-electron chi connectivity index (χ2n) is 7.84. The average Bonchev–Trinajstić information content (AvgIpc) is 3.12. The largest absolute Gasteiger partial charge is 0.479 e. The van der Waals surface area contributed by atoms with Crippen LogP contribution in [0.25, 0.3) is 11.1 Å². The first-order valence-electron chi connectivity index (χ1n) is 10.6. The third kappa shape index (κ3) is 5.08. The molecule has 0 saturated heterocycles. The van der Waals surface area contributed by atoms with Crippen molar-refractivity contribution in [3.8, 4) is 11.1 Å². The van der Waals surface area contributed by atoms with E-state index in [1.54, 1.807) is 0 Å². The Labute approximate surface area is 187 Å². The number of hydrogen-bond acceptors (Lipinski definition) is 5. The van der Waals surface area contributed by atoms with E-state index in [1.165, 1.54) is 7.05 Å². The van der Waals surface area contributed by atoms with Gasteiger partial charge < -0.3 is 15.2 Å². The minimum absolute atomic E-state index is 0.0903. The first-order chi connectivity index (χ1) is 15.3. The van der Waals surface area contributed by atoms with Gasteiger partial charge in [0.25, 0.3) is 5.91 Å². The van der Waals surface area contributed by atoms with Crippen LogP contribution in [0.15, 0.2) is 48.5 Å². The molecule has 0 aromatic heterocycles. The fourth-order valence-corrected chi connectivity index (χ4v) is 3.86. The lowest BCUT2D eigenvalue weighted by Crippen LogP contribution is -2.51. The third-order valence-electron chi connectivity index (χ3n) is 5.79. The van der Waals surface area contributed by atoms with Crippen molar-refractivity contribution >= 4 is 18.0 Å². The van der Waals surface area contributed by atoms with E-state index >= 15 is 0 Å². The summed E-state index contributed by atoms with van der Waals surface area (Å²) < 4.78 is 5.54. The van der Waals surface area contributed by atoms with Crippen LogP contribution < -0.4 is 5.32 Å². The standard InChI is InChI=1S/C24H28N2O6/c1-4-15(2)22(23(29)26(3)32-14-21(27)28)25-24(30)31-13-20-18-11-7-5-9-16(18)17-10-6-8-12-19(17)20/h5-12,15,20,22H,4,13-14H2,1-3H3,(H,25,30)(H,27,28)/t15-,22-/m0/s1. The van der Waals surface area contributed by atoms with E-state index in [1.807, 2.05) is 50.2 Å². The Balaban J connectivity index is 1.67. The Morgan fingerprint density at radius 3 is 2.16 bits per heavy atom. The number of benzene rings is 2. The van der Waals surface area contributed by atoms with Crippen LogP contribution in [0.3, 0.4) is 0 Å². The van der Waals surface area contributed by atoms with E-state index in [4.69, 9.17) is 14.7 Å². The molecule has 0 radical (unpaired) electrons. The minimum Gasteiger partial charge on any atom is -0.479 e. The van der Waals surface area contributed by atoms with Crippen molar-refractivity contribution in [2.75, 3.05) is 20.3 Å². The molecule has 2 N–H and O–H groups in total. The zero-order chi connectivity index (χ0) is 23.3. The number of ether oxygens (including phenoxy) is 1. The zero-order valence-electron chi connectivity index (χ0n) is 18.4. The Kier molecular flexibility index (Phi) is 7.48. The van der Waals surface area contributed by atoms with Crippen molar-refractivity contribution in [1.29, 1.82) is 0 Å². The van der Waals surface area contributed by atoms with Gasteiger partial charge in [-0.25, -0.2) is 14.7 Å². The number of rotatable bonds is 9. The topological polar surface area (TPSA) is 105 Å². The summed E-state index contributed by atoms with van der Waals surface area (Å²) in [5.74, 6) is -2.05. The number of aliphatic carboxylic acids is 1. The Hall–Kier alpha value is -3.39. The molecule has 1 aliphatic rings. The quantitative estimate of drug-likeness (QED) is 0.579. The maximum Gasteiger partial charge on any atom is 0.407 e. The molecule has 0 fully saturated rings. The van der Waals surface area contributed by atoms with Gasteiger partial charge in [-0.05, 0) is 28.2 Å². The summed E-state index contributed by atoms with van der Waals surface area (Å²) in [7, 11) is 1.32. The predicted octanol–water partition coefficient (Wildman–Crippen LogP) is 3.41. The van der Waals surface area contributed by atoms with Gasteiger partial charge >= 0.3 is 12.1 Å². The number of nitrogens with zero attached hydrogens (tertiary/aromatic N) is 1. The highest BCUT2D eigenvalue weighted by molar-refractivity contribution is 5.85. The fraction of sp³-hybridized carbons (Fsp3) is 0.375. The summed E-state index contributed by atoms with van der Waals surface area (Å²) in [6, 6.07) is 15.1. The van der Waals surface area contributed by atoms with E-state index in [-0.39, 0.29) is 18.4 Å². The second-order valence-corrected chi connectivity index (χ2v) is 7.84. The summed E-state index contributed by atoms with van der Waals surface area (Å²) in [5.41, 5.74) is 4.44. The van der Waals surface area contributed by atoms with E-state index in [0.717, 1.165) is 27.3 Å². The number of carbonyl (C=O) groups is 3. The fourth-order valence-electron chi connectivity index (χ4n) is 3.86. The number of hydroxylamine groups is 2. The lowest BCUT2D eigenvalue weighted by atomic mass is 9.98. The number of hydrogen-bond donors (Lipinski definition) is 2. The number of likely N-dealkylation sites (N-methyl/N-ethyl adjacent to an activating group) is 1. The molecule has 170 valence electrons. The van der Waals surface area contributed by atoms with Crippen molar-refractivity contribution in [3.05, 3.63) is 59.7 Å². The predicted molar refractivity (Wildman–Crippen MR) is 118 cm³/mol. The molecule has 2 aromatic rings. The number of carbonyl (C=O) groups excluding carboxylic acids is 2. The average molecular weight is 440 g/mol. The van der Waals surface area contributed by atoms with Crippen LogP contribution in [0.2, 0.25) is 0 Å². The highest BCUT2D eigenvalue weighted by Gasteiger charge is 2.32. The van der Waals surface area contributed by atoms with Gasteiger partial charge in [-0.2, -0.15) is 0 Å². The molecule has 32 heavy (non-hydrogen) atoms. The van der Waals surface area contributed by atoms with Crippen LogP contribution in [0.1, 0.15) is 37.3 Å². The maximum absolute atomic E-state index is 12.7. The van der Waals surface area contributed by atoms with Crippen LogP contribution in [-0.2, 0) is 19.2 Å². The summed E-state index contributed by atoms with van der Waals surface area (Å²) in [5, 5.41) is 12.2. The van der Waals surface area contributed by atoms with Gasteiger partial charge in [-0.3, -0.25) is 9.63 Å². The van der Waals surface area contributed by atoms with Crippen molar-refractivity contribution in [2.24, 2.45) is 5.92 Å². The van der Waals surface area contributed by atoms with Gasteiger partial charge in [0.2, 0.25) is 0 Å². The summed E-state index contributed by atoms with van der Waals surface area (Å²) >= 11 is 0. The summed E-state index contributed by atoms with van der Waals surface area (Å²) in [6.07, 6.45) is -0.0931. The van der Waals surface area contributed by atoms with Gasteiger partial charge in [0.1, 0.15) is 12.6 Å². The van der Waals surface area contributed by atoms with Crippen molar-refractivity contribution in [3.63, 3.8) is 0 Å². The van der Waals surface area contributed by atoms with Crippen LogP contribution >= 0.6 is 0 Å². The number of carboxylic acids is 1. The monoisotopic (exact) mass is 440 g/mol. The molecule has 0 saturated carbocycles. The van der Waals surface area contributed by atoms with Crippen molar-refractivity contribution < 1.29 is 29.1 Å². The maximum atomic E-state index is 12.7. The highest BCUT2D eigenvalue weighted by Crippen LogP contribution is 2.44. The number of nitrogens with one attached hydrogen (secondary N) is 1. The molecule has 8 nitrogen and oxygen atoms in total. The minimum atomic E-state index is -1.20. The molecule has 0 unspecified atom stereocenters. The number of amides is 2. The summed E-state index contributed by atoms with van der Waals surface area (Å²) in [4.78, 5) is 41.0. The van der Waals surface area contributed by atoms with Crippen LogP contribution in [0.5, 0.6) is 0 Å². The molecule has 2 aromatic carbocycles. The highest BCUT2D eigenvalue weighted by atomic mass is 16.7. The van der Waals surface area contributed by atoms with Crippen molar-refractivity contribution in [1.82, 2.24) is 10.4 Å². The van der Waals surface area contributed by atoms with Crippen LogP contribution in [0, 0.1) is 5.92 Å². The Morgan fingerprint density at radius 2 is 1.62 bits per heavy atom. The molecule has 0 bridgehead atoms. The van der Waals surface area contributed by atoms with Gasteiger partial charge in [0, 0.05) is 13.0 Å². The molecule has 2 atom stereocenters. The molecule has 8 heteroatoms. The first-order valence-corrected chi connectivity index (χ1v) is 10.6.